The van der Waals surface area contributed by atoms with Crippen molar-refractivity contribution in [2.24, 2.45) is 0 Å². The number of nitrogens with zero attached hydrogens (tertiary/aromatic N) is 1. The number of aryl methyl sites for hydroxylation is 1. The number of benzene rings is 1. The molecule has 0 aliphatic heterocycles. The molecule has 2 heterocycles. The number of carbonyl (C=O) groups is 1. The third-order valence-electron chi connectivity index (χ3n) is 3.31. The van der Waals surface area contributed by atoms with Crippen LogP contribution in [0.4, 0.5) is 0 Å². The Morgan fingerprint density at radius 3 is 2.74 bits per heavy atom. The highest BCUT2D eigenvalue weighted by atomic mass is 32.1. The molecule has 0 bridgehead atoms. The van der Waals surface area contributed by atoms with Crippen molar-refractivity contribution in [2.45, 2.75) is 6.92 Å². The third-order valence-corrected chi connectivity index (χ3v) is 4.26. The molecule has 0 radical (unpaired) electrons. The summed E-state index contributed by atoms with van der Waals surface area (Å²) in [6.07, 6.45) is 2.91. The number of allylic oxidation sites excluding steroid dienone is 1. The van der Waals surface area contributed by atoms with Crippen LogP contribution in [0.2, 0.25) is 0 Å². The van der Waals surface area contributed by atoms with E-state index in [2.05, 4.69) is 9.97 Å². The van der Waals surface area contributed by atoms with Gasteiger partial charge in [-0.3, -0.25) is 9.59 Å². The van der Waals surface area contributed by atoms with Crippen molar-refractivity contribution >= 4 is 33.4 Å². The van der Waals surface area contributed by atoms with Crippen LogP contribution < -0.4 is 10.3 Å². The highest BCUT2D eigenvalue weighted by Crippen LogP contribution is 2.20. The summed E-state index contributed by atoms with van der Waals surface area (Å²) in [6, 6.07) is 8.63. The van der Waals surface area contributed by atoms with Gasteiger partial charge in [0, 0.05) is 10.4 Å². The smallest absolute Gasteiger partial charge is 0.259 e. The summed E-state index contributed by atoms with van der Waals surface area (Å²) in [7, 11) is 1.57. The Kier molecular flexibility index (Phi) is 4.08. The van der Waals surface area contributed by atoms with E-state index in [1.165, 1.54) is 23.5 Å². The molecule has 2 aromatic heterocycles. The lowest BCUT2D eigenvalue weighted by atomic mass is 10.1. The molecular weight excluding hydrogens is 312 g/mol. The third kappa shape index (κ3) is 3.22. The van der Waals surface area contributed by atoms with E-state index < -0.39 is 0 Å². The average molecular weight is 326 g/mol. The van der Waals surface area contributed by atoms with Crippen LogP contribution in [0, 0.1) is 6.92 Å². The molecule has 3 rings (SSSR count). The summed E-state index contributed by atoms with van der Waals surface area (Å²) in [6.45, 7) is 1.93. The lowest BCUT2D eigenvalue weighted by Crippen LogP contribution is -2.08. The molecule has 0 fully saturated rings. The SMILES string of the molecule is COc1ccc(C(=O)/C=C/c2nc3sc(C)cc3c(=O)[nH]2)cc1. The van der Waals surface area contributed by atoms with Crippen molar-refractivity contribution in [1.82, 2.24) is 9.97 Å². The molecule has 0 unspecified atom stereocenters. The number of ketones is 1. The Hall–Kier alpha value is -2.73. The van der Waals surface area contributed by atoms with Gasteiger partial charge in [0.25, 0.3) is 5.56 Å². The zero-order valence-electron chi connectivity index (χ0n) is 12.6. The maximum atomic E-state index is 12.1. The Bertz CT molecular complexity index is 952. The first kappa shape index (κ1) is 15.2. The molecular formula is C17H14N2O3S. The lowest BCUT2D eigenvalue weighted by molar-refractivity contribution is 0.104. The Morgan fingerprint density at radius 1 is 1.30 bits per heavy atom. The molecule has 5 nitrogen and oxygen atoms in total. The van der Waals surface area contributed by atoms with Crippen molar-refractivity contribution in [3.63, 3.8) is 0 Å². The second kappa shape index (κ2) is 6.18. The van der Waals surface area contributed by atoms with E-state index in [-0.39, 0.29) is 11.3 Å². The monoisotopic (exact) mass is 326 g/mol. The number of methoxy groups -OCH3 is 1. The molecule has 0 amide bonds. The van der Waals surface area contributed by atoms with Crippen molar-refractivity contribution in [2.75, 3.05) is 7.11 Å². The quantitative estimate of drug-likeness (QED) is 0.590. The number of aromatic amines is 1. The van der Waals surface area contributed by atoms with Crippen LogP contribution in [-0.2, 0) is 0 Å². The van der Waals surface area contributed by atoms with Gasteiger partial charge in [-0.15, -0.1) is 11.3 Å². The second-order valence-corrected chi connectivity index (χ2v) is 6.19. The molecule has 23 heavy (non-hydrogen) atoms. The first-order valence-electron chi connectivity index (χ1n) is 6.94. The van der Waals surface area contributed by atoms with Crippen LogP contribution in [0.1, 0.15) is 21.1 Å². The first-order chi connectivity index (χ1) is 11.1. The number of carbonyl (C=O) groups excluding carboxylic acids is 1. The van der Waals surface area contributed by atoms with E-state index in [4.69, 9.17) is 4.74 Å². The largest absolute Gasteiger partial charge is 0.497 e. The van der Waals surface area contributed by atoms with Gasteiger partial charge in [0.05, 0.1) is 12.5 Å². The van der Waals surface area contributed by atoms with E-state index in [0.29, 0.717) is 27.4 Å². The number of H-pyrrole nitrogens is 1. The summed E-state index contributed by atoms with van der Waals surface area (Å²) < 4.78 is 5.06. The molecule has 0 saturated heterocycles. The highest BCUT2D eigenvalue weighted by Gasteiger charge is 2.06. The number of thiophene rings is 1. The second-order valence-electron chi connectivity index (χ2n) is 4.95. The molecule has 1 aromatic carbocycles. The number of aromatic nitrogens is 2. The van der Waals surface area contributed by atoms with Crippen molar-refractivity contribution < 1.29 is 9.53 Å². The van der Waals surface area contributed by atoms with Crippen LogP contribution in [0.3, 0.4) is 0 Å². The Morgan fingerprint density at radius 2 is 2.04 bits per heavy atom. The molecule has 3 aromatic rings. The van der Waals surface area contributed by atoms with Crippen LogP contribution in [0.15, 0.2) is 41.2 Å². The van der Waals surface area contributed by atoms with E-state index in [1.54, 1.807) is 31.4 Å². The fourth-order valence-corrected chi connectivity index (χ4v) is 3.04. The summed E-state index contributed by atoms with van der Waals surface area (Å²) >= 11 is 1.45. The number of ether oxygens (including phenoxy) is 1. The predicted molar refractivity (Wildman–Crippen MR) is 91.3 cm³/mol. The van der Waals surface area contributed by atoms with Crippen LogP contribution >= 0.6 is 11.3 Å². The zero-order valence-corrected chi connectivity index (χ0v) is 13.4. The normalized spacial score (nSPS) is 11.2. The van der Waals surface area contributed by atoms with Crippen molar-refractivity contribution in [3.8, 4) is 5.75 Å². The highest BCUT2D eigenvalue weighted by molar-refractivity contribution is 7.18. The average Bonchev–Trinajstić information content (AvgIpc) is 2.93. The molecule has 0 atom stereocenters. The minimum Gasteiger partial charge on any atom is -0.497 e. The van der Waals surface area contributed by atoms with Crippen LogP contribution in [-0.4, -0.2) is 22.9 Å². The fraction of sp³-hybridized carbons (Fsp3) is 0.118. The molecule has 116 valence electrons. The summed E-state index contributed by atoms with van der Waals surface area (Å²) in [5, 5.41) is 0.575. The molecule has 6 heteroatoms. The maximum absolute atomic E-state index is 12.1. The lowest BCUT2D eigenvalue weighted by Gasteiger charge is -2.00. The predicted octanol–water partition coefficient (Wildman–Crippen LogP) is 3.20. The van der Waals surface area contributed by atoms with Gasteiger partial charge in [-0.1, -0.05) is 0 Å². The van der Waals surface area contributed by atoms with Gasteiger partial charge >= 0.3 is 0 Å². The van der Waals surface area contributed by atoms with Gasteiger partial charge in [-0.2, -0.15) is 0 Å². The van der Waals surface area contributed by atoms with Gasteiger partial charge in [-0.25, -0.2) is 4.98 Å². The van der Waals surface area contributed by atoms with Crippen LogP contribution in [0.25, 0.3) is 16.3 Å². The van der Waals surface area contributed by atoms with Gasteiger partial charge in [0.15, 0.2) is 5.78 Å². The Labute approximate surface area is 136 Å². The van der Waals surface area contributed by atoms with Gasteiger partial charge < -0.3 is 9.72 Å². The number of nitrogens with one attached hydrogen (secondary N) is 1. The van der Waals surface area contributed by atoms with Crippen molar-refractivity contribution in [3.05, 3.63) is 63.0 Å². The number of hydrogen-bond acceptors (Lipinski definition) is 5. The van der Waals surface area contributed by atoms with Crippen LogP contribution in [0.5, 0.6) is 5.75 Å². The van der Waals surface area contributed by atoms with E-state index in [1.807, 2.05) is 13.0 Å². The van der Waals surface area contributed by atoms with Gasteiger partial charge in [0.2, 0.25) is 0 Å². The molecule has 1 N–H and O–H groups in total. The first-order valence-corrected chi connectivity index (χ1v) is 7.75. The minimum absolute atomic E-state index is 0.169. The van der Waals surface area contributed by atoms with Gasteiger partial charge in [-0.05, 0) is 49.4 Å². The van der Waals surface area contributed by atoms with E-state index in [9.17, 15) is 9.59 Å². The molecule has 0 spiro atoms. The Balaban J connectivity index is 1.86. The van der Waals surface area contributed by atoms with Crippen molar-refractivity contribution in [1.29, 1.82) is 0 Å². The summed E-state index contributed by atoms with van der Waals surface area (Å²) in [5.74, 6) is 0.888. The molecule has 0 aliphatic carbocycles. The summed E-state index contributed by atoms with van der Waals surface area (Å²) in [4.78, 5) is 32.8. The molecule has 0 aliphatic rings. The standard InChI is InChI=1S/C17H14N2O3S/c1-10-9-13-16(21)18-15(19-17(13)23-10)8-7-14(20)11-3-5-12(22-2)6-4-11/h3-9H,1-2H3,(H,18,19,21)/b8-7+. The molecule has 0 saturated carbocycles. The number of rotatable bonds is 4. The van der Waals surface area contributed by atoms with Gasteiger partial charge in [0.1, 0.15) is 16.4 Å². The minimum atomic E-state index is -0.198. The topological polar surface area (TPSA) is 72.0 Å². The number of fused-ring (bicyclic) bond motifs is 1. The van der Waals surface area contributed by atoms with E-state index >= 15 is 0 Å². The zero-order chi connectivity index (χ0) is 16.4. The number of hydrogen-bond donors (Lipinski definition) is 1. The van der Waals surface area contributed by atoms with E-state index in [0.717, 1.165) is 4.88 Å². The summed E-state index contributed by atoms with van der Waals surface area (Å²) in [5.41, 5.74) is 0.341. The fourth-order valence-electron chi connectivity index (χ4n) is 2.15. The maximum Gasteiger partial charge on any atom is 0.259 e.